The number of rotatable bonds is 8. The van der Waals surface area contributed by atoms with Crippen molar-refractivity contribution in [2.75, 3.05) is 6.54 Å². The molecule has 0 aliphatic carbocycles. The van der Waals surface area contributed by atoms with Gasteiger partial charge in [0, 0.05) is 18.1 Å². The highest BCUT2D eigenvalue weighted by Gasteiger charge is 2.07. The molecule has 3 aromatic carbocycles. The number of aliphatic hydroxyl groups excluding tert-OH is 1. The number of benzene rings is 3. The van der Waals surface area contributed by atoms with Crippen LogP contribution in [0.3, 0.4) is 0 Å². The van der Waals surface area contributed by atoms with Crippen LogP contribution in [0.2, 0.25) is 5.02 Å². The van der Waals surface area contributed by atoms with E-state index in [2.05, 4.69) is 21.2 Å². The van der Waals surface area contributed by atoms with Crippen LogP contribution >= 0.6 is 39.9 Å². The van der Waals surface area contributed by atoms with E-state index in [-0.39, 0.29) is 12.4 Å². The Morgan fingerprint density at radius 3 is 2.32 bits per heavy atom. The summed E-state index contributed by atoms with van der Waals surface area (Å²) in [5, 5.41) is 14.2. The molecule has 0 aliphatic rings. The molecular weight excluding hydrogens is 461 g/mol. The number of nitrogens with one attached hydrogen (secondary N) is 1. The Hall–Kier alpha value is -1.56. The summed E-state index contributed by atoms with van der Waals surface area (Å²) in [4.78, 5) is 0. The third kappa shape index (κ3) is 6.80. The highest BCUT2D eigenvalue weighted by molar-refractivity contribution is 9.10. The molecule has 0 fully saturated rings. The van der Waals surface area contributed by atoms with Gasteiger partial charge in [0.15, 0.2) is 0 Å². The minimum absolute atomic E-state index is 0. The first kappa shape index (κ1) is 22.7. The van der Waals surface area contributed by atoms with Crippen LogP contribution in [0, 0.1) is 0 Å². The minimum atomic E-state index is -0.517. The molecule has 1 atom stereocenters. The molecule has 3 aromatic rings. The van der Waals surface area contributed by atoms with E-state index >= 15 is 0 Å². The zero-order valence-corrected chi connectivity index (χ0v) is 18.3. The quantitative estimate of drug-likeness (QED) is 0.418. The number of ether oxygens (including phenoxy) is 1. The van der Waals surface area contributed by atoms with Gasteiger partial charge in [0.25, 0.3) is 0 Å². The van der Waals surface area contributed by atoms with Crippen LogP contribution in [0.15, 0.2) is 77.3 Å². The Morgan fingerprint density at radius 1 is 0.964 bits per heavy atom. The van der Waals surface area contributed by atoms with Gasteiger partial charge >= 0.3 is 0 Å². The van der Waals surface area contributed by atoms with E-state index in [0.717, 1.165) is 26.9 Å². The van der Waals surface area contributed by atoms with Gasteiger partial charge in [-0.3, -0.25) is 0 Å². The predicted molar refractivity (Wildman–Crippen MR) is 120 cm³/mol. The van der Waals surface area contributed by atoms with Crippen molar-refractivity contribution in [2.45, 2.75) is 19.3 Å². The maximum absolute atomic E-state index is 10.2. The van der Waals surface area contributed by atoms with Crippen LogP contribution < -0.4 is 10.1 Å². The first-order chi connectivity index (χ1) is 13.1. The van der Waals surface area contributed by atoms with E-state index in [4.69, 9.17) is 16.3 Å². The summed E-state index contributed by atoms with van der Waals surface area (Å²) in [5.41, 5.74) is 3.09. The van der Waals surface area contributed by atoms with Gasteiger partial charge in [-0.25, -0.2) is 0 Å². The smallest absolute Gasteiger partial charge is 0.134 e. The van der Waals surface area contributed by atoms with Crippen LogP contribution in [-0.4, -0.2) is 11.7 Å². The molecule has 3 rings (SSSR count). The van der Waals surface area contributed by atoms with Gasteiger partial charge in [0.05, 0.1) is 10.6 Å². The number of aliphatic hydroxyl groups is 1. The third-order valence-electron chi connectivity index (χ3n) is 4.16. The van der Waals surface area contributed by atoms with Crippen molar-refractivity contribution >= 4 is 39.9 Å². The molecule has 3 nitrogen and oxygen atoms in total. The van der Waals surface area contributed by atoms with Gasteiger partial charge in [0.1, 0.15) is 12.4 Å². The molecule has 0 saturated heterocycles. The molecule has 1 unspecified atom stereocenters. The Balaban J connectivity index is 0.00000280. The fourth-order valence-electron chi connectivity index (χ4n) is 2.66. The molecule has 0 amide bonds. The van der Waals surface area contributed by atoms with Gasteiger partial charge in [-0.1, -0.05) is 60.1 Å². The predicted octanol–water partition coefficient (Wildman–Crippen LogP) is 5.93. The monoisotopic (exact) mass is 481 g/mol. The summed E-state index contributed by atoms with van der Waals surface area (Å²) < 4.78 is 6.77. The summed E-state index contributed by atoms with van der Waals surface area (Å²) in [7, 11) is 0. The van der Waals surface area contributed by atoms with Gasteiger partial charge in [0.2, 0.25) is 0 Å². The van der Waals surface area contributed by atoms with Gasteiger partial charge in [-0.15, -0.1) is 12.4 Å². The van der Waals surface area contributed by atoms with Crippen molar-refractivity contribution in [2.24, 2.45) is 0 Å². The van der Waals surface area contributed by atoms with Crippen molar-refractivity contribution in [1.29, 1.82) is 0 Å². The minimum Gasteiger partial charge on any atom is -0.488 e. The lowest BCUT2D eigenvalue weighted by molar-refractivity contribution is 0.174. The van der Waals surface area contributed by atoms with Crippen LogP contribution in [0.5, 0.6) is 5.75 Å². The zero-order chi connectivity index (χ0) is 19.1. The van der Waals surface area contributed by atoms with Crippen LogP contribution in [0.25, 0.3) is 0 Å². The highest BCUT2D eigenvalue weighted by Crippen LogP contribution is 2.27. The molecule has 0 bridgehead atoms. The normalized spacial score (nSPS) is 11.5. The van der Waals surface area contributed by atoms with Gasteiger partial charge in [-0.2, -0.15) is 0 Å². The number of hydrogen-bond acceptors (Lipinski definition) is 3. The highest BCUT2D eigenvalue weighted by atomic mass is 79.9. The average Bonchev–Trinajstić information content (AvgIpc) is 2.69. The van der Waals surface area contributed by atoms with Crippen molar-refractivity contribution in [3.05, 3.63) is 99.0 Å². The van der Waals surface area contributed by atoms with E-state index in [1.807, 2.05) is 72.8 Å². The van der Waals surface area contributed by atoms with E-state index in [9.17, 15) is 5.11 Å². The summed E-state index contributed by atoms with van der Waals surface area (Å²) >= 11 is 9.46. The second kappa shape index (κ2) is 11.4. The summed E-state index contributed by atoms with van der Waals surface area (Å²) in [6, 6.07) is 23.3. The molecule has 148 valence electrons. The maximum atomic E-state index is 10.2. The molecule has 2 N–H and O–H groups in total. The first-order valence-electron chi connectivity index (χ1n) is 8.71. The standard InChI is InChI=1S/C22H21BrClNO2.ClH/c23-20-12-17(13-25-14-21(26)18-4-2-1-3-5-18)8-11-22(20)27-15-16-6-9-19(24)10-7-16;/h1-12,21,25-26H,13-15H2;1H. The zero-order valence-electron chi connectivity index (χ0n) is 15.1. The van der Waals surface area contributed by atoms with E-state index < -0.39 is 6.10 Å². The molecule has 0 radical (unpaired) electrons. The molecular formula is C22H22BrCl2NO2. The Labute approximate surface area is 185 Å². The van der Waals surface area contributed by atoms with E-state index in [0.29, 0.717) is 24.7 Å². The second-order valence-corrected chi connectivity index (χ2v) is 7.53. The topological polar surface area (TPSA) is 41.5 Å². The van der Waals surface area contributed by atoms with Gasteiger partial charge < -0.3 is 15.2 Å². The van der Waals surface area contributed by atoms with E-state index in [1.54, 1.807) is 0 Å². The van der Waals surface area contributed by atoms with Crippen LogP contribution in [0.4, 0.5) is 0 Å². The molecule has 6 heteroatoms. The fraction of sp³-hybridized carbons (Fsp3) is 0.182. The van der Waals surface area contributed by atoms with Crippen LogP contribution in [-0.2, 0) is 13.2 Å². The fourth-order valence-corrected chi connectivity index (χ4v) is 3.33. The Morgan fingerprint density at radius 2 is 1.64 bits per heavy atom. The number of halogens is 3. The average molecular weight is 483 g/mol. The first-order valence-corrected chi connectivity index (χ1v) is 9.88. The molecule has 0 aliphatic heterocycles. The van der Waals surface area contributed by atoms with E-state index in [1.165, 1.54) is 0 Å². The molecule has 28 heavy (non-hydrogen) atoms. The molecule has 0 spiro atoms. The third-order valence-corrected chi connectivity index (χ3v) is 5.03. The summed E-state index contributed by atoms with van der Waals surface area (Å²) in [5.74, 6) is 0.790. The van der Waals surface area contributed by atoms with Crippen molar-refractivity contribution in [1.82, 2.24) is 5.32 Å². The molecule has 0 aromatic heterocycles. The Bertz CT molecular complexity index is 860. The van der Waals surface area contributed by atoms with Crippen molar-refractivity contribution in [3.8, 4) is 5.75 Å². The molecule has 0 saturated carbocycles. The largest absolute Gasteiger partial charge is 0.488 e. The summed E-state index contributed by atoms with van der Waals surface area (Å²) in [6.07, 6.45) is -0.517. The lowest BCUT2D eigenvalue weighted by Crippen LogP contribution is -2.21. The molecule has 0 heterocycles. The maximum Gasteiger partial charge on any atom is 0.134 e. The van der Waals surface area contributed by atoms with Crippen molar-refractivity contribution < 1.29 is 9.84 Å². The van der Waals surface area contributed by atoms with Crippen LogP contribution in [0.1, 0.15) is 22.8 Å². The SMILES string of the molecule is Cl.OC(CNCc1ccc(OCc2ccc(Cl)cc2)c(Br)c1)c1ccccc1. The Kier molecular flexibility index (Phi) is 9.29. The second-order valence-electron chi connectivity index (χ2n) is 6.24. The summed E-state index contributed by atoms with van der Waals surface area (Å²) in [6.45, 7) is 1.65. The van der Waals surface area contributed by atoms with Gasteiger partial charge in [-0.05, 0) is 56.9 Å². The number of hydrogen-bond donors (Lipinski definition) is 2. The lowest BCUT2D eigenvalue weighted by Gasteiger charge is -2.13. The lowest BCUT2D eigenvalue weighted by atomic mass is 10.1. The van der Waals surface area contributed by atoms with Crippen molar-refractivity contribution in [3.63, 3.8) is 0 Å².